The van der Waals surface area contributed by atoms with Crippen molar-refractivity contribution in [1.29, 1.82) is 0 Å². The van der Waals surface area contributed by atoms with E-state index in [1.165, 1.54) is 6.26 Å². The molecule has 0 saturated heterocycles. The van der Waals surface area contributed by atoms with Crippen LogP contribution in [-0.2, 0) is 16.4 Å². The van der Waals surface area contributed by atoms with Crippen LogP contribution in [0.3, 0.4) is 0 Å². The summed E-state index contributed by atoms with van der Waals surface area (Å²) in [4.78, 5) is 4.30. The van der Waals surface area contributed by atoms with E-state index >= 15 is 35.1 Å². The first kappa shape index (κ1) is 46.9. The van der Waals surface area contributed by atoms with Gasteiger partial charge in [0, 0.05) is 11.8 Å². The van der Waals surface area contributed by atoms with Crippen LogP contribution in [0.2, 0.25) is 0 Å². The van der Waals surface area contributed by atoms with Crippen molar-refractivity contribution < 1.29 is 101 Å². The predicted molar refractivity (Wildman–Crippen MR) is 172 cm³/mol. The fourth-order valence-electron chi connectivity index (χ4n) is 6.52. The van der Waals surface area contributed by atoms with Crippen molar-refractivity contribution in [3.63, 3.8) is 0 Å². The van der Waals surface area contributed by atoms with Gasteiger partial charge in [0.2, 0.25) is 0 Å². The summed E-state index contributed by atoms with van der Waals surface area (Å²) in [6.07, 6.45) is 0.957. The summed E-state index contributed by atoms with van der Waals surface area (Å²) in [7, 11) is -3.18. The fraction of sp³-hybridized carbons (Fsp3) is 0.0556. The van der Waals surface area contributed by atoms with Crippen molar-refractivity contribution in [3.8, 4) is 0 Å². The molecule has 0 bridgehead atoms. The molecule has 6 aromatic rings. The van der Waals surface area contributed by atoms with E-state index in [-0.39, 0.29) is 0 Å². The quantitative estimate of drug-likeness (QED) is 0.0592. The molecule has 1 aromatic heterocycles. The summed E-state index contributed by atoms with van der Waals surface area (Å²) in [5.41, 5.74) is -13.5. The largest absolute Gasteiger partial charge is 0.252 e. The van der Waals surface area contributed by atoms with Gasteiger partial charge in [-0.05, 0) is 6.07 Å². The highest BCUT2D eigenvalue weighted by Gasteiger charge is 2.52. The van der Waals surface area contributed by atoms with Gasteiger partial charge in [-0.25, -0.2) is 96.2 Å². The van der Waals surface area contributed by atoms with Crippen LogP contribution in [0.15, 0.2) is 53.9 Å². The first-order chi connectivity index (χ1) is 28.8. The number of benzene rings is 5. The van der Waals surface area contributed by atoms with Crippen LogP contribution in [0.5, 0.6) is 0 Å². The summed E-state index contributed by atoms with van der Waals surface area (Å²) in [5.74, 6) is -71.4. The smallest absolute Gasteiger partial charge is 0.200 e. The molecule has 1 heterocycles. The Labute approximate surface area is 332 Å². The number of hydrogen-bond acceptors (Lipinski definition) is 3. The predicted octanol–water partition coefficient (Wildman–Crippen LogP) is 6.67. The third-order valence-corrected chi connectivity index (χ3v) is 10.3. The highest BCUT2D eigenvalue weighted by molar-refractivity contribution is 7.90. The zero-order chi connectivity index (χ0) is 46.7. The molecule has 0 unspecified atom stereocenters. The van der Waals surface area contributed by atoms with Gasteiger partial charge >= 0.3 is 0 Å². The number of rotatable bonds is 7. The Hall–Kier alpha value is -6.21. The maximum Gasteiger partial charge on any atom is 0.200 e. The maximum atomic E-state index is 15.4. The molecule has 0 amide bonds. The third kappa shape index (κ3) is 7.35. The minimum Gasteiger partial charge on any atom is -0.252 e. The van der Waals surface area contributed by atoms with E-state index in [0.717, 1.165) is 5.56 Å². The van der Waals surface area contributed by atoms with Gasteiger partial charge < -0.3 is 0 Å². The van der Waals surface area contributed by atoms with Gasteiger partial charge in [0.1, 0.15) is 52.7 Å². The van der Waals surface area contributed by atoms with Gasteiger partial charge in [-0.15, -0.1) is 21.9 Å². The summed E-state index contributed by atoms with van der Waals surface area (Å²) in [6, 6.07) is 7.03. The second kappa shape index (κ2) is 16.9. The lowest BCUT2D eigenvalue weighted by molar-refractivity contribution is -0.689. The standard InChI is InChI=1S/C24BF20.C12H13N2O2S/c26-5-1(6(27)14(35)21(42)13(5)34)25(2-7(28)15(36)22(43)16(37)8(2)29,3-9(30)17(38)23(44)18(39)10(3)31)4-11(32)19(40)24(45)20(41)12(4)33;1-17(15,16)12-5-3-2-4-11(12)10-14-8-6-13-7-9-14/h;2-9H,10H2,1H3/q-1;+1. The first-order valence-electron chi connectivity index (χ1n) is 16.1. The van der Waals surface area contributed by atoms with Crippen LogP contribution in [-0.4, -0.2) is 25.8 Å². The summed E-state index contributed by atoms with van der Waals surface area (Å²) in [6.45, 7) is 0.520. The molecule has 0 aliphatic heterocycles. The zero-order valence-electron chi connectivity index (χ0n) is 29.6. The van der Waals surface area contributed by atoms with Crippen molar-refractivity contribution in [1.82, 2.24) is 4.98 Å². The normalized spacial score (nSPS) is 11.8. The van der Waals surface area contributed by atoms with E-state index in [9.17, 15) is 61.1 Å². The Morgan fingerprint density at radius 2 is 0.661 bits per heavy atom. The Balaban J connectivity index is 0.000000355. The number of aromatic nitrogens is 2. The maximum absolute atomic E-state index is 15.4. The van der Waals surface area contributed by atoms with Gasteiger partial charge in [0.05, 0.1) is 17.3 Å². The number of halogens is 20. The summed E-state index contributed by atoms with van der Waals surface area (Å²) >= 11 is 0. The monoisotopic (exact) mass is 928 g/mol. The Bertz CT molecular complexity index is 2540. The summed E-state index contributed by atoms with van der Waals surface area (Å²) in [5, 5.41) is 0. The molecule has 0 N–H and O–H groups in total. The van der Waals surface area contributed by atoms with Crippen LogP contribution in [0.25, 0.3) is 0 Å². The van der Waals surface area contributed by atoms with E-state index in [4.69, 9.17) is 0 Å². The Kier molecular flexibility index (Phi) is 12.8. The molecular formula is C36H13BF20N2O2S. The lowest BCUT2D eigenvalue weighted by atomic mass is 9.12. The van der Waals surface area contributed by atoms with E-state index in [0.29, 0.717) is 11.4 Å². The van der Waals surface area contributed by atoms with Gasteiger partial charge in [0.25, 0.3) is 0 Å². The number of hydrogen-bond donors (Lipinski definition) is 0. The van der Waals surface area contributed by atoms with Crippen molar-refractivity contribution >= 4 is 37.8 Å². The molecule has 0 aliphatic carbocycles. The van der Waals surface area contributed by atoms with Crippen LogP contribution >= 0.6 is 0 Å². The summed E-state index contributed by atoms with van der Waals surface area (Å²) < 4.78 is 319. The molecule has 0 fully saturated rings. The lowest BCUT2D eigenvalue weighted by Crippen LogP contribution is -2.81. The average Bonchev–Trinajstić information content (AvgIpc) is 3.24. The second-order valence-electron chi connectivity index (χ2n) is 12.6. The molecule has 26 heteroatoms. The first-order valence-corrected chi connectivity index (χ1v) is 18.0. The lowest BCUT2D eigenvalue weighted by Gasteiger charge is -2.44. The molecule has 0 spiro atoms. The van der Waals surface area contributed by atoms with Crippen LogP contribution in [0.4, 0.5) is 87.8 Å². The number of nitrogens with zero attached hydrogens (tertiary/aromatic N) is 2. The van der Waals surface area contributed by atoms with Crippen LogP contribution in [0.1, 0.15) is 5.56 Å². The highest BCUT2D eigenvalue weighted by atomic mass is 32.2. The molecule has 0 aliphatic rings. The van der Waals surface area contributed by atoms with E-state index < -0.39 is 154 Å². The van der Waals surface area contributed by atoms with Crippen LogP contribution in [0, 0.1) is 116 Å². The van der Waals surface area contributed by atoms with E-state index in [2.05, 4.69) is 4.98 Å². The average molecular weight is 928 g/mol. The van der Waals surface area contributed by atoms with Crippen molar-refractivity contribution in [2.24, 2.45) is 0 Å². The minimum absolute atomic E-state index is 0.379. The van der Waals surface area contributed by atoms with Gasteiger partial charge in [-0.2, -0.15) is 4.57 Å². The van der Waals surface area contributed by atoms with Crippen molar-refractivity contribution in [2.45, 2.75) is 11.4 Å². The Morgan fingerprint density at radius 1 is 0.419 bits per heavy atom. The molecule has 0 radical (unpaired) electrons. The fourth-order valence-corrected chi connectivity index (χ4v) is 7.45. The molecule has 328 valence electrons. The van der Waals surface area contributed by atoms with Gasteiger partial charge in [0.15, 0.2) is 98.6 Å². The zero-order valence-corrected chi connectivity index (χ0v) is 30.4. The van der Waals surface area contributed by atoms with Crippen molar-refractivity contribution in [3.05, 3.63) is 171 Å². The molecular weight excluding hydrogens is 915 g/mol. The van der Waals surface area contributed by atoms with Crippen molar-refractivity contribution in [2.75, 3.05) is 6.26 Å². The van der Waals surface area contributed by atoms with Gasteiger partial charge in [-0.3, -0.25) is 4.98 Å². The Morgan fingerprint density at radius 3 is 0.919 bits per heavy atom. The molecule has 0 saturated carbocycles. The molecule has 5 aromatic carbocycles. The number of sulfone groups is 1. The van der Waals surface area contributed by atoms with E-state index in [1.807, 2.05) is 16.7 Å². The van der Waals surface area contributed by atoms with Crippen LogP contribution < -0.4 is 26.4 Å². The molecule has 6 rings (SSSR count). The van der Waals surface area contributed by atoms with E-state index in [1.54, 1.807) is 36.9 Å². The third-order valence-electron chi connectivity index (χ3n) is 9.12. The SMILES string of the molecule is CS(=O)(=O)c1ccccc1C[n+]1ccncc1.Fc1c(F)c(F)c([B-](c2c(F)c(F)c(F)c(F)c2F)(c2c(F)c(F)c(F)c(F)c2F)c2c(F)c(F)c(F)c(F)c2F)c(F)c1F. The molecule has 62 heavy (non-hydrogen) atoms. The molecule has 0 atom stereocenters. The van der Waals surface area contributed by atoms with Gasteiger partial charge in [-0.1, -0.05) is 18.2 Å². The highest BCUT2D eigenvalue weighted by Crippen LogP contribution is 2.31. The topological polar surface area (TPSA) is 50.9 Å². The second-order valence-corrected chi connectivity index (χ2v) is 14.6. The minimum atomic E-state index is -7.22. The molecule has 4 nitrogen and oxygen atoms in total.